The average molecular weight is 148 g/mol. The van der Waals surface area contributed by atoms with E-state index in [-0.39, 0.29) is 6.61 Å². The molecule has 2 atom stereocenters. The van der Waals surface area contributed by atoms with E-state index in [2.05, 4.69) is 0 Å². The van der Waals surface area contributed by atoms with Gasteiger partial charge in [0.1, 0.15) is 12.7 Å². The summed E-state index contributed by atoms with van der Waals surface area (Å²) in [6.07, 6.45) is -0.909. The molecule has 0 bridgehead atoms. The molecule has 1 fully saturated rings. The lowest BCUT2D eigenvalue weighted by Crippen LogP contribution is -2.51. The minimum Gasteiger partial charge on any atom is -0.388 e. The van der Waals surface area contributed by atoms with E-state index in [0.717, 1.165) is 0 Å². The predicted molar refractivity (Wildman–Crippen MR) is 33.4 cm³/mol. The van der Waals surface area contributed by atoms with Crippen molar-refractivity contribution in [2.45, 2.75) is 18.8 Å². The molecule has 10 heavy (non-hydrogen) atoms. The number of aliphatic hydroxyl groups excluding tert-OH is 1. The zero-order valence-corrected chi connectivity index (χ0v) is 5.91. The van der Waals surface area contributed by atoms with Gasteiger partial charge < -0.3 is 19.7 Å². The number of ether oxygens (including phenoxy) is 2. The maximum absolute atomic E-state index is 9.35. The Kier molecular flexibility index (Phi) is 2.25. The van der Waals surface area contributed by atoms with Crippen molar-refractivity contribution in [1.82, 2.24) is 0 Å². The second-order valence-electron chi connectivity index (χ2n) is 2.42. The molecule has 1 saturated heterocycles. The van der Waals surface area contributed by atoms with Crippen LogP contribution in [0.4, 0.5) is 0 Å². The van der Waals surface area contributed by atoms with Gasteiger partial charge in [0.2, 0.25) is 5.79 Å². The maximum atomic E-state index is 9.35. The lowest BCUT2D eigenvalue weighted by Gasteiger charge is -2.33. The van der Waals surface area contributed by atoms with Gasteiger partial charge in [0.25, 0.3) is 0 Å². The lowest BCUT2D eigenvalue weighted by molar-refractivity contribution is -0.304. The Bertz CT molecular complexity index is 106. The van der Waals surface area contributed by atoms with Crippen LogP contribution in [0.1, 0.15) is 6.92 Å². The Hall–Kier alpha value is -0.160. The third-order valence-corrected chi connectivity index (χ3v) is 1.54. The Morgan fingerprint density at radius 3 is 2.50 bits per heavy atom. The van der Waals surface area contributed by atoms with Gasteiger partial charge in [0.15, 0.2) is 0 Å². The Morgan fingerprint density at radius 1 is 1.50 bits per heavy atom. The van der Waals surface area contributed by atoms with Crippen LogP contribution in [0, 0.1) is 0 Å². The van der Waals surface area contributed by atoms with Crippen molar-refractivity contribution in [3.05, 3.63) is 0 Å². The smallest absolute Gasteiger partial charge is 0.216 e. The highest BCUT2D eigenvalue weighted by molar-refractivity contribution is 4.75. The first kappa shape index (κ1) is 7.94. The van der Waals surface area contributed by atoms with E-state index in [0.29, 0.717) is 13.2 Å². The van der Waals surface area contributed by atoms with Gasteiger partial charge in [-0.25, -0.2) is 0 Å². The molecule has 1 aliphatic rings. The molecule has 0 amide bonds. The van der Waals surface area contributed by atoms with Crippen LogP contribution in [0.15, 0.2) is 0 Å². The fourth-order valence-corrected chi connectivity index (χ4v) is 0.779. The van der Waals surface area contributed by atoms with Crippen LogP contribution in [-0.4, -0.2) is 41.9 Å². The van der Waals surface area contributed by atoms with Gasteiger partial charge in [-0.3, -0.25) is 0 Å². The van der Waals surface area contributed by atoms with Gasteiger partial charge >= 0.3 is 0 Å². The Morgan fingerprint density at radius 2 is 2.20 bits per heavy atom. The molecule has 4 heteroatoms. The van der Waals surface area contributed by atoms with Crippen molar-refractivity contribution >= 4 is 0 Å². The highest BCUT2D eigenvalue weighted by atomic mass is 16.7. The molecule has 0 saturated carbocycles. The standard InChI is InChI=1S/C6H12O4/c1-5(7)6(8)4-9-2-3-10-6/h5,7-8H,2-4H2,1H3. The van der Waals surface area contributed by atoms with Crippen molar-refractivity contribution < 1.29 is 19.7 Å². The second kappa shape index (κ2) is 2.84. The summed E-state index contributed by atoms with van der Waals surface area (Å²) in [5.41, 5.74) is 0. The zero-order valence-electron chi connectivity index (χ0n) is 5.91. The van der Waals surface area contributed by atoms with E-state index in [4.69, 9.17) is 14.6 Å². The second-order valence-corrected chi connectivity index (χ2v) is 2.42. The van der Waals surface area contributed by atoms with E-state index in [1.165, 1.54) is 6.92 Å². The summed E-state index contributed by atoms with van der Waals surface area (Å²) >= 11 is 0. The highest BCUT2D eigenvalue weighted by Crippen LogP contribution is 2.16. The molecule has 1 heterocycles. The minimum absolute atomic E-state index is 0.0463. The van der Waals surface area contributed by atoms with Gasteiger partial charge in [-0.2, -0.15) is 0 Å². The fraction of sp³-hybridized carbons (Fsp3) is 1.00. The van der Waals surface area contributed by atoms with Crippen LogP contribution in [0.5, 0.6) is 0 Å². The van der Waals surface area contributed by atoms with Crippen LogP contribution in [0.2, 0.25) is 0 Å². The van der Waals surface area contributed by atoms with Gasteiger partial charge in [0.05, 0.1) is 13.2 Å². The number of hydrogen-bond donors (Lipinski definition) is 2. The molecule has 0 aliphatic carbocycles. The van der Waals surface area contributed by atoms with Crippen LogP contribution in [0.25, 0.3) is 0 Å². The van der Waals surface area contributed by atoms with E-state index in [1.54, 1.807) is 0 Å². The molecule has 2 unspecified atom stereocenters. The maximum Gasteiger partial charge on any atom is 0.216 e. The normalized spacial score (nSPS) is 37.5. The van der Waals surface area contributed by atoms with Crippen molar-refractivity contribution in [2.24, 2.45) is 0 Å². The summed E-state index contributed by atoms with van der Waals surface area (Å²) in [5, 5.41) is 18.3. The summed E-state index contributed by atoms with van der Waals surface area (Å²) in [7, 11) is 0. The Labute approximate surface area is 59.4 Å². The molecule has 1 aliphatic heterocycles. The van der Waals surface area contributed by atoms with E-state index in [1.807, 2.05) is 0 Å². The minimum atomic E-state index is -1.49. The first-order valence-corrected chi connectivity index (χ1v) is 3.27. The van der Waals surface area contributed by atoms with Crippen molar-refractivity contribution in [1.29, 1.82) is 0 Å². The fourth-order valence-electron chi connectivity index (χ4n) is 0.779. The lowest BCUT2D eigenvalue weighted by atomic mass is 10.2. The largest absolute Gasteiger partial charge is 0.388 e. The predicted octanol–water partition coefficient (Wildman–Crippen LogP) is -0.897. The third-order valence-electron chi connectivity index (χ3n) is 1.54. The molecule has 0 spiro atoms. The van der Waals surface area contributed by atoms with E-state index in [9.17, 15) is 5.11 Å². The van der Waals surface area contributed by atoms with Gasteiger partial charge in [0, 0.05) is 0 Å². The monoisotopic (exact) mass is 148 g/mol. The first-order chi connectivity index (χ1) is 4.65. The summed E-state index contributed by atoms with van der Waals surface area (Å²) in [4.78, 5) is 0. The summed E-state index contributed by atoms with van der Waals surface area (Å²) < 4.78 is 9.82. The molecule has 4 nitrogen and oxygen atoms in total. The molecule has 2 N–H and O–H groups in total. The summed E-state index contributed by atoms with van der Waals surface area (Å²) in [6.45, 7) is 2.33. The van der Waals surface area contributed by atoms with Gasteiger partial charge in [-0.1, -0.05) is 0 Å². The van der Waals surface area contributed by atoms with E-state index < -0.39 is 11.9 Å². The van der Waals surface area contributed by atoms with Crippen molar-refractivity contribution in [3.8, 4) is 0 Å². The average Bonchev–Trinajstić information content (AvgIpc) is 1.89. The van der Waals surface area contributed by atoms with Gasteiger partial charge in [-0.05, 0) is 6.92 Å². The molecule has 1 rings (SSSR count). The highest BCUT2D eigenvalue weighted by Gasteiger charge is 2.36. The molecule has 0 radical (unpaired) electrons. The summed E-state index contributed by atoms with van der Waals surface area (Å²) in [5.74, 6) is -1.49. The zero-order chi connectivity index (χ0) is 7.61. The molecular formula is C6H12O4. The number of rotatable bonds is 1. The quantitative estimate of drug-likeness (QED) is 0.506. The van der Waals surface area contributed by atoms with Crippen molar-refractivity contribution in [3.63, 3.8) is 0 Å². The van der Waals surface area contributed by atoms with Crippen LogP contribution >= 0.6 is 0 Å². The number of hydrogen-bond acceptors (Lipinski definition) is 4. The molecule has 60 valence electrons. The van der Waals surface area contributed by atoms with Crippen LogP contribution < -0.4 is 0 Å². The third kappa shape index (κ3) is 1.46. The molecule has 0 aromatic carbocycles. The van der Waals surface area contributed by atoms with Crippen molar-refractivity contribution in [2.75, 3.05) is 19.8 Å². The number of aliphatic hydroxyl groups is 2. The van der Waals surface area contributed by atoms with Gasteiger partial charge in [-0.15, -0.1) is 0 Å². The van der Waals surface area contributed by atoms with Crippen LogP contribution in [-0.2, 0) is 9.47 Å². The molecule has 0 aromatic rings. The Balaban J connectivity index is 2.48. The topological polar surface area (TPSA) is 58.9 Å². The van der Waals surface area contributed by atoms with E-state index >= 15 is 0 Å². The summed E-state index contributed by atoms with van der Waals surface area (Å²) in [6, 6.07) is 0. The van der Waals surface area contributed by atoms with Crippen LogP contribution in [0.3, 0.4) is 0 Å². The first-order valence-electron chi connectivity index (χ1n) is 3.27. The molecule has 0 aromatic heterocycles. The SMILES string of the molecule is CC(O)C1(O)COCCO1. The molecular weight excluding hydrogens is 136 g/mol.